The van der Waals surface area contributed by atoms with Gasteiger partial charge in [-0.2, -0.15) is 0 Å². The first-order valence-corrected chi connectivity index (χ1v) is 5.59. The highest BCUT2D eigenvalue weighted by Gasteiger charge is 2.37. The molecule has 80 valence electrons. The van der Waals surface area contributed by atoms with Crippen LogP contribution in [0.1, 0.15) is 31.2 Å². The number of halogens is 1. The molecule has 2 rings (SSSR count). The van der Waals surface area contributed by atoms with Crippen molar-refractivity contribution in [1.82, 2.24) is 0 Å². The van der Waals surface area contributed by atoms with Crippen molar-refractivity contribution in [2.45, 2.75) is 31.2 Å². The maximum Gasteiger partial charge on any atom is 0.157 e. The fourth-order valence-corrected chi connectivity index (χ4v) is 2.23. The first kappa shape index (κ1) is 10.7. The Labute approximate surface area is 94.4 Å². The van der Waals surface area contributed by atoms with E-state index in [0.29, 0.717) is 11.4 Å². The van der Waals surface area contributed by atoms with Crippen LogP contribution in [0.5, 0.6) is 0 Å². The second-order valence-corrected chi connectivity index (χ2v) is 4.54. The van der Waals surface area contributed by atoms with Crippen molar-refractivity contribution in [2.24, 2.45) is 5.73 Å². The third kappa shape index (κ3) is 1.92. The molecule has 0 spiro atoms. The molecule has 15 heavy (non-hydrogen) atoms. The summed E-state index contributed by atoms with van der Waals surface area (Å²) in [5, 5.41) is 0.672. The molecule has 0 heterocycles. The monoisotopic (exact) mass is 223 g/mol. The Morgan fingerprint density at radius 1 is 1.20 bits per heavy atom. The van der Waals surface area contributed by atoms with Gasteiger partial charge in [0.2, 0.25) is 0 Å². The molecule has 1 atom stereocenters. The molecule has 1 aromatic rings. The number of carbonyl (C=O) groups excluding carboxylic acids is 1. The van der Waals surface area contributed by atoms with Crippen molar-refractivity contribution in [1.29, 1.82) is 0 Å². The van der Waals surface area contributed by atoms with E-state index < -0.39 is 5.54 Å². The number of carbonyl (C=O) groups is 1. The molecule has 0 bridgehead atoms. The van der Waals surface area contributed by atoms with Gasteiger partial charge in [-0.3, -0.25) is 4.79 Å². The largest absolute Gasteiger partial charge is 0.315 e. The van der Waals surface area contributed by atoms with Crippen LogP contribution in [0.15, 0.2) is 24.3 Å². The van der Waals surface area contributed by atoms with Crippen LogP contribution in [0, 0.1) is 0 Å². The summed E-state index contributed by atoms with van der Waals surface area (Å²) in [6, 6.07) is 7.28. The molecule has 0 saturated heterocycles. The fourth-order valence-electron chi connectivity index (χ4n) is 2.10. The number of rotatable bonds is 1. The molecule has 1 saturated carbocycles. The van der Waals surface area contributed by atoms with E-state index in [0.717, 1.165) is 24.8 Å². The van der Waals surface area contributed by atoms with Crippen LogP contribution in [-0.4, -0.2) is 5.78 Å². The van der Waals surface area contributed by atoms with E-state index in [1.807, 2.05) is 12.1 Å². The number of benzene rings is 1. The molecule has 0 aliphatic heterocycles. The van der Waals surface area contributed by atoms with Gasteiger partial charge in [-0.25, -0.2) is 0 Å². The number of Topliss-reactive ketones (excluding diaryl/α,β-unsaturated/α-hetero) is 1. The average molecular weight is 224 g/mol. The lowest BCUT2D eigenvalue weighted by atomic mass is 9.76. The van der Waals surface area contributed by atoms with Crippen LogP contribution in [0.25, 0.3) is 0 Å². The van der Waals surface area contributed by atoms with E-state index in [1.54, 1.807) is 12.1 Å². The normalized spacial score (nSPS) is 26.7. The minimum atomic E-state index is -0.775. The van der Waals surface area contributed by atoms with Gasteiger partial charge in [0.05, 0.1) is 0 Å². The number of nitrogens with two attached hydrogens (primary N) is 1. The van der Waals surface area contributed by atoms with Gasteiger partial charge in [-0.05, 0) is 30.5 Å². The first-order chi connectivity index (χ1) is 7.13. The van der Waals surface area contributed by atoms with Gasteiger partial charge in [-0.1, -0.05) is 30.2 Å². The molecule has 0 radical (unpaired) electrons. The van der Waals surface area contributed by atoms with E-state index in [-0.39, 0.29) is 5.78 Å². The van der Waals surface area contributed by atoms with Crippen LogP contribution in [0.3, 0.4) is 0 Å². The van der Waals surface area contributed by atoms with E-state index >= 15 is 0 Å². The Bertz CT molecular complexity index is 374. The lowest BCUT2D eigenvalue weighted by molar-refractivity contribution is -0.126. The third-order valence-corrected chi connectivity index (χ3v) is 3.33. The van der Waals surface area contributed by atoms with Gasteiger partial charge in [0.15, 0.2) is 5.78 Å². The van der Waals surface area contributed by atoms with Crippen LogP contribution >= 0.6 is 11.6 Å². The lowest BCUT2D eigenvalue weighted by Gasteiger charge is -2.32. The minimum absolute atomic E-state index is 0.149. The van der Waals surface area contributed by atoms with Crippen LogP contribution < -0.4 is 5.73 Å². The summed E-state index contributed by atoms with van der Waals surface area (Å²) >= 11 is 5.81. The highest BCUT2D eigenvalue weighted by atomic mass is 35.5. The second kappa shape index (κ2) is 3.95. The molecule has 3 heteroatoms. The van der Waals surface area contributed by atoms with Gasteiger partial charge in [0.25, 0.3) is 0 Å². The van der Waals surface area contributed by atoms with Crippen LogP contribution in [-0.2, 0) is 10.3 Å². The Kier molecular flexibility index (Phi) is 2.81. The molecule has 1 aliphatic rings. The molecule has 2 nitrogen and oxygen atoms in total. The fraction of sp³-hybridized carbons (Fsp3) is 0.417. The van der Waals surface area contributed by atoms with E-state index in [2.05, 4.69) is 0 Å². The Balaban J connectivity index is 2.35. The maximum absolute atomic E-state index is 11.8. The molecular weight excluding hydrogens is 210 g/mol. The standard InChI is InChI=1S/C12H14ClNO/c13-10-6-4-9(5-7-10)12(14)8-2-1-3-11(12)15/h4-7H,1-3,8,14H2. The van der Waals surface area contributed by atoms with Crippen molar-refractivity contribution in [2.75, 3.05) is 0 Å². The number of hydrogen-bond acceptors (Lipinski definition) is 2. The van der Waals surface area contributed by atoms with Gasteiger partial charge < -0.3 is 5.73 Å². The summed E-state index contributed by atoms with van der Waals surface area (Å²) in [6.07, 6.45) is 3.32. The molecule has 1 unspecified atom stereocenters. The van der Waals surface area contributed by atoms with Gasteiger partial charge in [0, 0.05) is 11.4 Å². The highest BCUT2D eigenvalue weighted by Crippen LogP contribution is 2.32. The van der Waals surface area contributed by atoms with Crippen molar-refractivity contribution >= 4 is 17.4 Å². The Morgan fingerprint density at radius 2 is 1.87 bits per heavy atom. The highest BCUT2D eigenvalue weighted by molar-refractivity contribution is 6.30. The summed E-state index contributed by atoms with van der Waals surface area (Å²) in [7, 11) is 0. The molecule has 0 aromatic heterocycles. The smallest absolute Gasteiger partial charge is 0.157 e. The SMILES string of the molecule is NC1(c2ccc(Cl)cc2)CCCCC1=O. The zero-order valence-electron chi connectivity index (χ0n) is 8.50. The topological polar surface area (TPSA) is 43.1 Å². The molecule has 0 amide bonds. The molecule has 1 fully saturated rings. The molecular formula is C12H14ClNO. The van der Waals surface area contributed by atoms with Crippen LogP contribution in [0.4, 0.5) is 0 Å². The Morgan fingerprint density at radius 3 is 2.47 bits per heavy atom. The zero-order valence-corrected chi connectivity index (χ0v) is 9.26. The maximum atomic E-state index is 11.8. The molecule has 2 N–H and O–H groups in total. The quantitative estimate of drug-likeness (QED) is 0.796. The van der Waals surface area contributed by atoms with E-state index in [4.69, 9.17) is 17.3 Å². The van der Waals surface area contributed by atoms with Gasteiger partial charge in [-0.15, -0.1) is 0 Å². The average Bonchev–Trinajstić information content (AvgIpc) is 2.23. The predicted molar refractivity (Wildman–Crippen MR) is 60.8 cm³/mol. The summed E-state index contributed by atoms with van der Waals surface area (Å²) in [4.78, 5) is 11.8. The zero-order chi connectivity index (χ0) is 10.9. The summed E-state index contributed by atoms with van der Waals surface area (Å²) in [6.45, 7) is 0. The van der Waals surface area contributed by atoms with Crippen molar-refractivity contribution in [3.63, 3.8) is 0 Å². The molecule has 1 aliphatic carbocycles. The first-order valence-electron chi connectivity index (χ1n) is 5.21. The number of hydrogen-bond donors (Lipinski definition) is 1. The van der Waals surface area contributed by atoms with E-state index in [9.17, 15) is 4.79 Å². The van der Waals surface area contributed by atoms with E-state index in [1.165, 1.54) is 0 Å². The Hall–Kier alpha value is -0.860. The molecule has 1 aromatic carbocycles. The van der Waals surface area contributed by atoms with Crippen molar-refractivity contribution in [3.8, 4) is 0 Å². The third-order valence-electron chi connectivity index (χ3n) is 3.08. The van der Waals surface area contributed by atoms with Crippen molar-refractivity contribution < 1.29 is 4.79 Å². The van der Waals surface area contributed by atoms with Crippen molar-refractivity contribution in [3.05, 3.63) is 34.9 Å². The van der Waals surface area contributed by atoms with Crippen LogP contribution in [0.2, 0.25) is 5.02 Å². The van der Waals surface area contributed by atoms with Gasteiger partial charge >= 0.3 is 0 Å². The predicted octanol–water partition coefficient (Wildman–Crippen LogP) is 2.64. The summed E-state index contributed by atoms with van der Waals surface area (Å²) in [5.41, 5.74) is 6.29. The lowest BCUT2D eigenvalue weighted by Crippen LogP contribution is -2.46. The second-order valence-electron chi connectivity index (χ2n) is 4.11. The summed E-state index contributed by atoms with van der Waals surface area (Å²) in [5.74, 6) is 0.149. The number of ketones is 1. The summed E-state index contributed by atoms with van der Waals surface area (Å²) < 4.78 is 0. The minimum Gasteiger partial charge on any atom is -0.315 e. The van der Waals surface area contributed by atoms with Gasteiger partial charge in [0.1, 0.15) is 5.54 Å².